The Balaban J connectivity index is 2.34. The molecule has 0 amide bonds. The molecular formula is C11H6N2O3. The number of nitrogens with zero attached hydrogens (tertiary/aromatic N) is 2. The Morgan fingerprint density at radius 2 is 2.19 bits per heavy atom. The van der Waals surface area contributed by atoms with Gasteiger partial charge in [0.2, 0.25) is 0 Å². The van der Waals surface area contributed by atoms with E-state index in [0.717, 1.165) is 0 Å². The van der Waals surface area contributed by atoms with E-state index in [4.69, 9.17) is 8.83 Å². The summed E-state index contributed by atoms with van der Waals surface area (Å²) in [7, 11) is 0. The first kappa shape index (κ1) is 8.84. The Labute approximate surface area is 89.4 Å². The third kappa shape index (κ3) is 1.30. The first-order valence-electron chi connectivity index (χ1n) is 4.63. The Kier molecular flexibility index (Phi) is 1.83. The molecule has 0 fully saturated rings. The van der Waals surface area contributed by atoms with Gasteiger partial charge in [-0.15, -0.1) is 0 Å². The van der Waals surface area contributed by atoms with Crippen molar-refractivity contribution in [3.05, 3.63) is 47.3 Å². The van der Waals surface area contributed by atoms with Crippen LogP contribution >= 0.6 is 0 Å². The lowest BCUT2D eigenvalue weighted by molar-refractivity contribution is 0.482. The monoisotopic (exact) mass is 214 g/mol. The molecule has 5 heteroatoms. The van der Waals surface area contributed by atoms with Gasteiger partial charge in [-0.1, -0.05) is 0 Å². The Morgan fingerprint density at radius 1 is 1.25 bits per heavy atom. The van der Waals surface area contributed by atoms with Crippen LogP contribution in [0.5, 0.6) is 0 Å². The lowest BCUT2D eigenvalue weighted by Crippen LogP contribution is -2.02. The fourth-order valence-electron chi connectivity index (χ4n) is 1.43. The van der Waals surface area contributed by atoms with E-state index in [2.05, 4.69) is 9.97 Å². The summed E-state index contributed by atoms with van der Waals surface area (Å²) >= 11 is 0. The van der Waals surface area contributed by atoms with E-state index in [9.17, 15) is 4.79 Å². The van der Waals surface area contributed by atoms with Gasteiger partial charge in [-0.3, -0.25) is 4.98 Å². The molecule has 0 aliphatic rings. The van der Waals surface area contributed by atoms with E-state index >= 15 is 0 Å². The molecule has 0 N–H and O–H groups in total. The fraction of sp³-hybridized carbons (Fsp3) is 0. The smallest absolute Gasteiger partial charge is 0.347 e. The second kappa shape index (κ2) is 3.30. The Morgan fingerprint density at radius 3 is 3.00 bits per heavy atom. The van der Waals surface area contributed by atoms with Crippen molar-refractivity contribution in [1.82, 2.24) is 9.97 Å². The van der Waals surface area contributed by atoms with Gasteiger partial charge in [-0.05, 0) is 18.2 Å². The topological polar surface area (TPSA) is 69.1 Å². The average molecular weight is 214 g/mol. The van der Waals surface area contributed by atoms with Crippen molar-refractivity contribution >= 4 is 10.9 Å². The largest absolute Gasteiger partial charge is 0.459 e. The van der Waals surface area contributed by atoms with Gasteiger partial charge in [-0.2, -0.15) is 0 Å². The van der Waals surface area contributed by atoms with Crippen molar-refractivity contribution in [3.63, 3.8) is 0 Å². The Bertz CT molecular complexity index is 686. The maximum atomic E-state index is 11.6. The molecule has 16 heavy (non-hydrogen) atoms. The quantitative estimate of drug-likeness (QED) is 0.618. The third-order valence-corrected chi connectivity index (χ3v) is 2.16. The number of aromatic nitrogens is 2. The predicted molar refractivity (Wildman–Crippen MR) is 55.8 cm³/mol. The van der Waals surface area contributed by atoms with Gasteiger partial charge in [0.25, 0.3) is 5.89 Å². The standard InChI is InChI=1S/C11H6N2O3/c14-11-7-3-4-12-6-8(7)13-10(16-11)9-2-1-5-15-9/h1-6H. The maximum absolute atomic E-state index is 11.6. The molecular weight excluding hydrogens is 208 g/mol. The van der Waals surface area contributed by atoms with Crippen LogP contribution in [-0.2, 0) is 0 Å². The summed E-state index contributed by atoms with van der Waals surface area (Å²) in [5.74, 6) is 0.582. The van der Waals surface area contributed by atoms with Crippen molar-refractivity contribution < 1.29 is 8.83 Å². The highest BCUT2D eigenvalue weighted by Gasteiger charge is 2.09. The van der Waals surface area contributed by atoms with Crippen LogP contribution in [0.2, 0.25) is 0 Å². The summed E-state index contributed by atoms with van der Waals surface area (Å²) in [5.41, 5.74) is 0.0453. The van der Waals surface area contributed by atoms with Crippen molar-refractivity contribution in [1.29, 1.82) is 0 Å². The number of hydrogen-bond acceptors (Lipinski definition) is 5. The van der Waals surface area contributed by atoms with Crippen LogP contribution in [0.25, 0.3) is 22.6 Å². The zero-order valence-corrected chi connectivity index (χ0v) is 8.08. The minimum Gasteiger partial charge on any atom is -0.459 e. The number of fused-ring (bicyclic) bond motifs is 1. The molecule has 5 nitrogen and oxygen atoms in total. The van der Waals surface area contributed by atoms with Gasteiger partial charge in [0.1, 0.15) is 5.52 Å². The molecule has 0 saturated heterocycles. The van der Waals surface area contributed by atoms with Crippen LogP contribution in [-0.4, -0.2) is 9.97 Å². The highest BCUT2D eigenvalue weighted by atomic mass is 16.4. The number of hydrogen-bond donors (Lipinski definition) is 0. The summed E-state index contributed by atoms with van der Waals surface area (Å²) < 4.78 is 10.2. The first-order valence-corrected chi connectivity index (χ1v) is 4.63. The molecule has 3 rings (SSSR count). The van der Waals surface area contributed by atoms with Crippen LogP contribution in [0.15, 0.2) is 50.5 Å². The van der Waals surface area contributed by atoms with E-state index in [0.29, 0.717) is 16.7 Å². The second-order valence-electron chi connectivity index (χ2n) is 3.18. The van der Waals surface area contributed by atoms with E-state index in [-0.39, 0.29) is 5.89 Å². The molecule has 0 aliphatic carbocycles. The van der Waals surface area contributed by atoms with Crippen LogP contribution in [0.1, 0.15) is 0 Å². The molecule has 0 aliphatic heterocycles. The van der Waals surface area contributed by atoms with E-state index < -0.39 is 5.63 Å². The normalized spacial score (nSPS) is 10.8. The number of furan rings is 1. The van der Waals surface area contributed by atoms with E-state index in [1.165, 1.54) is 18.7 Å². The highest BCUT2D eigenvalue weighted by molar-refractivity contribution is 5.76. The van der Waals surface area contributed by atoms with Crippen LogP contribution in [0, 0.1) is 0 Å². The molecule has 0 unspecified atom stereocenters. The summed E-state index contributed by atoms with van der Waals surface area (Å²) in [6, 6.07) is 4.94. The zero-order chi connectivity index (χ0) is 11.0. The van der Waals surface area contributed by atoms with Gasteiger partial charge >= 0.3 is 5.63 Å². The van der Waals surface area contributed by atoms with Crippen LogP contribution < -0.4 is 5.63 Å². The van der Waals surface area contributed by atoms with E-state index in [1.807, 2.05) is 0 Å². The van der Waals surface area contributed by atoms with Crippen molar-refractivity contribution in [2.45, 2.75) is 0 Å². The van der Waals surface area contributed by atoms with Crippen molar-refractivity contribution in [3.8, 4) is 11.7 Å². The fourth-order valence-corrected chi connectivity index (χ4v) is 1.43. The summed E-state index contributed by atoms with van der Waals surface area (Å²) in [6.07, 6.45) is 4.52. The summed E-state index contributed by atoms with van der Waals surface area (Å²) in [4.78, 5) is 19.7. The number of pyridine rings is 1. The molecule has 78 valence electrons. The summed E-state index contributed by atoms with van der Waals surface area (Å²) in [6.45, 7) is 0. The predicted octanol–water partition coefficient (Wildman–Crippen LogP) is 1.84. The van der Waals surface area contributed by atoms with Gasteiger partial charge in [-0.25, -0.2) is 9.78 Å². The molecule has 0 aromatic carbocycles. The SMILES string of the molecule is O=c1oc(-c2ccco2)nc2cnccc12. The molecule has 0 atom stereocenters. The molecule has 0 saturated carbocycles. The lowest BCUT2D eigenvalue weighted by Gasteiger charge is -1.97. The third-order valence-electron chi connectivity index (χ3n) is 2.16. The zero-order valence-electron chi connectivity index (χ0n) is 8.08. The van der Waals surface area contributed by atoms with Gasteiger partial charge in [0, 0.05) is 6.20 Å². The Hall–Kier alpha value is -2.43. The van der Waals surface area contributed by atoms with Gasteiger partial charge < -0.3 is 8.83 Å². The first-order chi connectivity index (χ1) is 7.84. The average Bonchev–Trinajstić information content (AvgIpc) is 2.82. The molecule has 3 aromatic heterocycles. The van der Waals surface area contributed by atoms with Crippen molar-refractivity contribution in [2.75, 3.05) is 0 Å². The highest BCUT2D eigenvalue weighted by Crippen LogP contribution is 2.17. The van der Waals surface area contributed by atoms with Crippen LogP contribution in [0.3, 0.4) is 0 Å². The molecule has 3 aromatic rings. The van der Waals surface area contributed by atoms with E-state index in [1.54, 1.807) is 18.2 Å². The van der Waals surface area contributed by atoms with Crippen molar-refractivity contribution in [2.24, 2.45) is 0 Å². The minimum atomic E-state index is -0.446. The number of rotatable bonds is 1. The molecule has 0 radical (unpaired) electrons. The molecule has 0 bridgehead atoms. The molecule has 3 heterocycles. The summed E-state index contributed by atoms with van der Waals surface area (Å²) in [5, 5.41) is 0.408. The van der Waals surface area contributed by atoms with Gasteiger partial charge in [0.15, 0.2) is 5.76 Å². The minimum absolute atomic E-state index is 0.163. The van der Waals surface area contributed by atoms with Gasteiger partial charge in [0.05, 0.1) is 17.8 Å². The lowest BCUT2D eigenvalue weighted by atomic mass is 10.3. The molecule has 0 spiro atoms. The van der Waals surface area contributed by atoms with Crippen LogP contribution in [0.4, 0.5) is 0 Å². The second-order valence-corrected chi connectivity index (χ2v) is 3.18. The maximum Gasteiger partial charge on any atom is 0.347 e.